The van der Waals surface area contributed by atoms with E-state index in [2.05, 4.69) is 12.2 Å². The van der Waals surface area contributed by atoms with Crippen LogP contribution in [-0.2, 0) is 14.3 Å². The highest BCUT2D eigenvalue weighted by Gasteiger charge is 2.52. The molecule has 1 N–H and O–H groups in total. The maximum Gasteiger partial charge on any atom is 0.246 e. The van der Waals surface area contributed by atoms with Crippen molar-refractivity contribution in [3.8, 4) is 0 Å². The highest BCUT2D eigenvalue weighted by Crippen LogP contribution is 2.38. The number of rotatable bonds is 4. The predicted molar refractivity (Wildman–Crippen MR) is 78.6 cm³/mol. The summed E-state index contributed by atoms with van der Waals surface area (Å²) in [6.45, 7) is 6.46. The van der Waals surface area contributed by atoms with Crippen LogP contribution in [0.1, 0.15) is 52.9 Å². The van der Waals surface area contributed by atoms with Gasteiger partial charge in [-0.25, -0.2) is 0 Å². The van der Waals surface area contributed by atoms with Gasteiger partial charge in [0, 0.05) is 6.54 Å². The first-order chi connectivity index (χ1) is 9.95. The highest BCUT2D eigenvalue weighted by atomic mass is 16.5. The summed E-state index contributed by atoms with van der Waals surface area (Å²) in [5.74, 6) is 0.422. The van der Waals surface area contributed by atoms with Gasteiger partial charge in [0.15, 0.2) is 0 Å². The summed E-state index contributed by atoms with van der Waals surface area (Å²) < 4.78 is 5.87. The second-order valence-electron chi connectivity index (χ2n) is 7.01. The third kappa shape index (κ3) is 2.56. The number of amides is 2. The molecule has 1 saturated carbocycles. The Kier molecular flexibility index (Phi) is 3.72. The van der Waals surface area contributed by atoms with Crippen LogP contribution in [0.25, 0.3) is 0 Å². The zero-order chi connectivity index (χ0) is 15.2. The molecule has 2 aliphatic heterocycles. The van der Waals surface area contributed by atoms with E-state index in [1.54, 1.807) is 4.90 Å². The summed E-state index contributed by atoms with van der Waals surface area (Å²) in [7, 11) is 0. The summed E-state index contributed by atoms with van der Waals surface area (Å²) in [4.78, 5) is 27.2. The van der Waals surface area contributed by atoms with E-state index in [1.165, 1.54) is 0 Å². The van der Waals surface area contributed by atoms with Gasteiger partial charge >= 0.3 is 0 Å². The van der Waals surface area contributed by atoms with Gasteiger partial charge in [0.05, 0.1) is 12.2 Å². The Morgan fingerprint density at radius 3 is 2.52 bits per heavy atom. The molecule has 2 amide bonds. The molecule has 3 aliphatic rings. The molecule has 3 rings (SSSR count). The average molecular weight is 294 g/mol. The number of ether oxygens (including phenoxy) is 1. The second-order valence-corrected chi connectivity index (χ2v) is 7.01. The number of piperazine rings is 1. The molecule has 0 bridgehead atoms. The number of hydrogen-bond donors (Lipinski definition) is 1. The van der Waals surface area contributed by atoms with Crippen molar-refractivity contribution < 1.29 is 14.3 Å². The molecule has 0 radical (unpaired) electrons. The van der Waals surface area contributed by atoms with Crippen LogP contribution >= 0.6 is 0 Å². The van der Waals surface area contributed by atoms with Gasteiger partial charge in [0.1, 0.15) is 11.6 Å². The minimum atomic E-state index is -0.738. The molecule has 0 aromatic carbocycles. The lowest BCUT2D eigenvalue weighted by Gasteiger charge is -2.47. The zero-order valence-electron chi connectivity index (χ0n) is 13.2. The minimum Gasteiger partial charge on any atom is -0.373 e. The van der Waals surface area contributed by atoms with Crippen LogP contribution in [0.5, 0.6) is 0 Å². The van der Waals surface area contributed by atoms with E-state index in [0.717, 1.165) is 25.7 Å². The lowest BCUT2D eigenvalue weighted by atomic mass is 9.89. The Morgan fingerprint density at radius 2 is 2.00 bits per heavy atom. The van der Waals surface area contributed by atoms with Gasteiger partial charge in [-0.15, -0.1) is 0 Å². The summed E-state index contributed by atoms with van der Waals surface area (Å²) >= 11 is 0. The van der Waals surface area contributed by atoms with E-state index < -0.39 is 5.54 Å². The summed E-state index contributed by atoms with van der Waals surface area (Å²) in [5.41, 5.74) is -0.738. The van der Waals surface area contributed by atoms with E-state index in [4.69, 9.17) is 4.74 Å². The molecule has 0 aromatic heterocycles. The molecule has 4 unspecified atom stereocenters. The fraction of sp³-hybridized carbons (Fsp3) is 0.875. The topological polar surface area (TPSA) is 58.6 Å². The first-order valence-electron chi connectivity index (χ1n) is 8.23. The van der Waals surface area contributed by atoms with Gasteiger partial charge < -0.3 is 15.0 Å². The molecule has 2 heterocycles. The first kappa shape index (κ1) is 14.8. The smallest absolute Gasteiger partial charge is 0.246 e. The molecule has 2 saturated heterocycles. The molecule has 21 heavy (non-hydrogen) atoms. The fourth-order valence-corrected chi connectivity index (χ4v) is 3.51. The van der Waals surface area contributed by atoms with Crippen molar-refractivity contribution in [3.63, 3.8) is 0 Å². The van der Waals surface area contributed by atoms with Crippen LogP contribution in [-0.4, -0.2) is 47.0 Å². The second kappa shape index (κ2) is 5.27. The van der Waals surface area contributed by atoms with Gasteiger partial charge in [-0.05, 0) is 51.9 Å². The number of hydrogen-bond acceptors (Lipinski definition) is 3. The Morgan fingerprint density at radius 1 is 1.29 bits per heavy atom. The van der Waals surface area contributed by atoms with Crippen molar-refractivity contribution >= 4 is 11.8 Å². The Hall–Kier alpha value is -1.10. The normalized spacial score (nSPS) is 40.5. The number of carbonyl (C=O) groups excluding carboxylic acids is 2. The van der Waals surface area contributed by atoms with E-state index in [0.29, 0.717) is 18.9 Å². The fourth-order valence-electron chi connectivity index (χ4n) is 3.51. The van der Waals surface area contributed by atoms with Gasteiger partial charge in [-0.3, -0.25) is 9.59 Å². The quantitative estimate of drug-likeness (QED) is 0.854. The Labute approximate surface area is 126 Å². The van der Waals surface area contributed by atoms with E-state index in [-0.39, 0.29) is 30.1 Å². The number of nitrogens with one attached hydrogen (secondary N) is 1. The molecule has 0 aromatic rings. The monoisotopic (exact) mass is 294 g/mol. The summed E-state index contributed by atoms with van der Waals surface area (Å²) in [5, 5.41) is 2.96. The molecule has 5 nitrogen and oxygen atoms in total. The molecular formula is C16H26N2O3. The van der Waals surface area contributed by atoms with Crippen LogP contribution < -0.4 is 5.32 Å². The minimum absolute atomic E-state index is 0.00690. The maximum atomic E-state index is 12.9. The van der Waals surface area contributed by atoms with Crippen LogP contribution in [0.3, 0.4) is 0 Å². The van der Waals surface area contributed by atoms with Gasteiger partial charge in [0.25, 0.3) is 0 Å². The van der Waals surface area contributed by atoms with E-state index >= 15 is 0 Å². The van der Waals surface area contributed by atoms with Gasteiger partial charge in [0.2, 0.25) is 11.8 Å². The first-order valence-corrected chi connectivity index (χ1v) is 8.23. The molecule has 4 atom stereocenters. The van der Waals surface area contributed by atoms with E-state index in [9.17, 15) is 9.59 Å². The third-order valence-corrected chi connectivity index (χ3v) is 5.39. The standard InChI is InChI=1S/C16H26N2O3/c1-4-16(3)15(20)17-13(11-6-7-11)14(19)18(16)9-12-8-5-10(2)21-12/h10-13H,4-9H2,1-3H3,(H,17,20). The molecule has 1 aliphatic carbocycles. The summed E-state index contributed by atoms with van der Waals surface area (Å²) in [6.07, 6.45) is 5.06. The van der Waals surface area contributed by atoms with Crippen LogP contribution in [0.4, 0.5) is 0 Å². The van der Waals surface area contributed by atoms with Crippen molar-refractivity contribution in [2.75, 3.05) is 6.54 Å². The lowest BCUT2D eigenvalue weighted by Crippen LogP contribution is -2.70. The lowest BCUT2D eigenvalue weighted by molar-refractivity contribution is -0.159. The zero-order valence-corrected chi connectivity index (χ0v) is 13.2. The van der Waals surface area contributed by atoms with Gasteiger partial charge in [-0.2, -0.15) is 0 Å². The number of carbonyl (C=O) groups is 2. The maximum absolute atomic E-state index is 12.9. The van der Waals surface area contributed by atoms with Crippen LogP contribution in [0.2, 0.25) is 0 Å². The molecule has 5 heteroatoms. The Bertz CT molecular complexity index is 449. The van der Waals surface area contributed by atoms with Crippen LogP contribution in [0, 0.1) is 5.92 Å². The van der Waals surface area contributed by atoms with Crippen molar-refractivity contribution in [3.05, 3.63) is 0 Å². The molecule has 0 spiro atoms. The third-order valence-electron chi connectivity index (χ3n) is 5.39. The molecule has 3 fully saturated rings. The van der Waals surface area contributed by atoms with Gasteiger partial charge in [-0.1, -0.05) is 6.92 Å². The van der Waals surface area contributed by atoms with E-state index in [1.807, 2.05) is 13.8 Å². The van der Waals surface area contributed by atoms with Crippen molar-refractivity contribution in [1.29, 1.82) is 0 Å². The SMILES string of the molecule is CCC1(C)C(=O)NC(C2CC2)C(=O)N1CC1CCC(C)O1. The van der Waals surface area contributed by atoms with Crippen molar-refractivity contribution in [2.24, 2.45) is 5.92 Å². The molecule has 118 valence electrons. The average Bonchev–Trinajstić information content (AvgIpc) is 3.22. The molecular weight excluding hydrogens is 268 g/mol. The van der Waals surface area contributed by atoms with Crippen LogP contribution in [0.15, 0.2) is 0 Å². The van der Waals surface area contributed by atoms with Crippen molar-refractivity contribution in [1.82, 2.24) is 10.2 Å². The summed E-state index contributed by atoms with van der Waals surface area (Å²) in [6, 6.07) is -0.309. The largest absolute Gasteiger partial charge is 0.373 e. The van der Waals surface area contributed by atoms with Crippen molar-refractivity contribution in [2.45, 2.75) is 76.7 Å². The predicted octanol–water partition coefficient (Wildman–Crippen LogP) is 1.46. The number of nitrogens with zero attached hydrogens (tertiary/aromatic N) is 1. The Balaban J connectivity index is 1.80. The highest BCUT2D eigenvalue weighted by molar-refractivity contribution is 5.99.